The Kier molecular flexibility index (Phi) is 12.1. The van der Waals surface area contributed by atoms with Crippen molar-refractivity contribution < 1.29 is 22.9 Å². The monoisotopic (exact) mass is 752 g/mol. The minimum atomic E-state index is -4.18. The molecule has 0 atom stereocenters. The van der Waals surface area contributed by atoms with E-state index in [2.05, 4.69) is 41.6 Å². The first kappa shape index (κ1) is 38.6. The summed E-state index contributed by atoms with van der Waals surface area (Å²) in [6.45, 7) is 8.06. The molecule has 0 spiro atoms. The average molecular weight is 753 g/mol. The third kappa shape index (κ3) is 9.52. The Morgan fingerprint density at radius 2 is 1.50 bits per heavy atom. The van der Waals surface area contributed by atoms with Gasteiger partial charge in [0.25, 0.3) is 5.91 Å². The minimum absolute atomic E-state index is 0.0593. The van der Waals surface area contributed by atoms with Crippen LogP contribution in [0.15, 0.2) is 48.9 Å². The molecular weight excluding hydrogens is 705 g/mol. The number of hydrogen-bond donors (Lipinski definition) is 1. The molecule has 7 rings (SSSR count). The van der Waals surface area contributed by atoms with Crippen LogP contribution in [0.5, 0.6) is 0 Å². The largest absolute Gasteiger partial charge is 0.401 e. The summed E-state index contributed by atoms with van der Waals surface area (Å²) in [5, 5.41) is 14.5. The maximum atomic E-state index is 12.9. The van der Waals surface area contributed by atoms with Gasteiger partial charge in [0.15, 0.2) is 6.20 Å². The van der Waals surface area contributed by atoms with Crippen LogP contribution in [0, 0.1) is 10.1 Å². The molecule has 15 nitrogen and oxygen atoms in total. The lowest BCUT2D eigenvalue weighted by molar-refractivity contribution is -0.389. The van der Waals surface area contributed by atoms with Gasteiger partial charge in [0.2, 0.25) is 5.95 Å². The fourth-order valence-corrected chi connectivity index (χ4v) is 7.17. The Balaban J connectivity index is 0.000000244. The number of nitrogens with one attached hydrogen (secondary N) is 1. The van der Waals surface area contributed by atoms with Crippen LogP contribution in [0.4, 0.5) is 42.1 Å². The van der Waals surface area contributed by atoms with E-state index in [1.807, 2.05) is 23.1 Å². The van der Waals surface area contributed by atoms with Crippen LogP contribution in [0.3, 0.4) is 0 Å². The molecule has 290 valence electrons. The number of anilines is 4. The van der Waals surface area contributed by atoms with Crippen molar-refractivity contribution in [1.29, 1.82) is 0 Å². The summed E-state index contributed by atoms with van der Waals surface area (Å²) in [6, 6.07) is 9.02. The number of aromatic nitrogens is 5. The van der Waals surface area contributed by atoms with Crippen LogP contribution in [0.1, 0.15) is 49.1 Å². The molecule has 2 aliphatic heterocycles. The Labute approximate surface area is 311 Å². The predicted octanol–water partition coefficient (Wildman–Crippen LogP) is 5.20. The Morgan fingerprint density at radius 1 is 0.889 bits per heavy atom. The molecule has 0 aromatic carbocycles. The molecule has 54 heavy (non-hydrogen) atoms. The van der Waals surface area contributed by atoms with E-state index in [1.165, 1.54) is 11.0 Å². The number of hydrogen-bond acceptors (Lipinski definition) is 12. The fourth-order valence-electron chi connectivity index (χ4n) is 7.17. The second-order valence-corrected chi connectivity index (χ2v) is 14.0. The summed E-state index contributed by atoms with van der Waals surface area (Å²) in [5.41, 5.74) is 3.17. The van der Waals surface area contributed by atoms with Gasteiger partial charge in [-0.3, -0.25) is 9.69 Å². The average Bonchev–Trinajstić information content (AvgIpc) is 3.83. The quantitative estimate of drug-likeness (QED) is 0.177. The van der Waals surface area contributed by atoms with Gasteiger partial charge in [-0.1, -0.05) is 19.8 Å². The van der Waals surface area contributed by atoms with Crippen molar-refractivity contribution in [3.05, 3.63) is 64.7 Å². The van der Waals surface area contributed by atoms with Crippen LogP contribution < -0.4 is 15.1 Å². The highest BCUT2D eigenvalue weighted by Gasteiger charge is 2.32. The number of likely N-dealkylation sites (N-methyl/N-ethyl adjacent to an activating group) is 1. The Bertz CT molecular complexity index is 1870. The zero-order chi connectivity index (χ0) is 38.4. The molecule has 1 aliphatic carbocycles. The zero-order valence-corrected chi connectivity index (χ0v) is 30.9. The van der Waals surface area contributed by atoms with Crippen molar-refractivity contribution in [3.63, 3.8) is 0 Å². The van der Waals surface area contributed by atoms with Gasteiger partial charge in [-0.25, -0.2) is 9.97 Å². The van der Waals surface area contributed by atoms with Crippen molar-refractivity contribution in [2.45, 2.75) is 44.8 Å². The minimum Gasteiger partial charge on any atom is -0.368 e. The van der Waals surface area contributed by atoms with E-state index < -0.39 is 17.6 Å². The van der Waals surface area contributed by atoms with Crippen LogP contribution in [-0.2, 0) is 0 Å². The number of rotatable bonds is 9. The molecule has 0 radical (unpaired) electrons. The number of alkyl halides is 3. The molecule has 18 heteroatoms. The van der Waals surface area contributed by atoms with E-state index in [0.29, 0.717) is 43.6 Å². The summed E-state index contributed by atoms with van der Waals surface area (Å²) >= 11 is 0. The Hall–Kier alpha value is -5.10. The highest BCUT2D eigenvalue weighted by Crippen LogP contribution is 2.35. The van der Waals surface area contributed by atoms with Crippen LogP contribution in [0.25, 0.3) is 11.0 Å². The first-order valence-corrected chi connectivity index (χ1v) is 18.3. The number of carbonyl (C=O) groups is 1. The SMILES string of the molecule is CCN1CCN(c2ccc([N+](=O)[O-])nc2)CC1.CN(C)C(=O)c1cc2cnc(Nc3ccc(N4CCN(CC(F)(F)F)CC4)cn3)nc2n1C1CCCC1. The number of carbonyl (C=O) groups excluding carboxylic acids is 1. The fraction of sp³-hybridized carbons (Fsp3) is 0.528. The van der Waals surface area contributed by atoms with Crippen molar-refractivity contribution in [2.24, 2.45) is 0 Å². The first-order chi connectivity index (χ1) is 25.9. The van der Waals surface area contributed by atoms with Gasteiger partial charge in [0.1, 0.15) is 17.2 Å². The highest BCUT2D eigenvalue weighted by molar-refractivity contribution is 5.98. The maximum absolute atomic E-state index is 12.9. The Morgan fingerprint density at radius 3 is 2.02 bits per heavy atom. The van der Waals surface area contributed by atoms with Crippen LogP contribution >= 0.6 is 0 Å². The number of nitro groups is 1. The van der Waals surface area contributed by atoms with Crippen LogP contribution in [-0.4, -0.2) is 136 Å². The molecule has 3 fully saturated rings. The molecule has 0 unspecified atom stereocenters. The van der Waals surface area contributed by atoms with E-state index in [9.17, 15) is 28.1 Å². The molecule has 6 heterocycles. The van der Waals surface area contributed by atoms with Gasteiger partial charge in [-0.15, -0.1) is 0 Å². The van der Waals surface area contributed by atoms with Crippen molar-refractivity contribution in [2.75, 3.05) is 94.7 Å². The van der Waals surface area contributed by atoms with E-state index in [-0.39, 0.29) is 17.8 Å². The van der Waals surface area contributed by atoms with Crippen molar-refractivity contribution in [1.82, 2.24) is 39.2 Å². The standard InChI is InChI=1S/C25H31F3N8O.C11H16N4O2/c1-33(2)23(37)20-13-17-14-30-24(32-22(17)36(20)18-5-3-4-6-18)31-21-8-7-19(15-29-21)35-11-9-34(10-12-35)16-25(26,27)28;1-2-13-5-7-14(8-6-13)10-3-4-11(12-9-10)15(16)17/h7-8,13-15,18H,3-6,9-12,16H2,1-2H3,(H,29,30,31,32);3-4,9H,2,5-8H2,1H3. The molecule has 1 saturated carbocycles. The lowest BCUT2D eigenvalue weighted by atomic mass is 10.2. The smallest absolute Gasteiger partial charge is 0.368 e. The summed E-state index contributed by atoms with van der Waals surface area (Å²) in [7, 11) is 3.49. The van der Waals surface area contributed by atoms with E-state index in [4.69, 9.17) is 4.98 Å². The molecule has 1 N–H and O–H groups in total. The summed E-state index contributed by atoms with van der Waals surface area (Å²) in [4.78, 5) is 50.0. The van der Waals surface area contributed by atoms with Gasteiger partial charge in [0, 0.05) is 90.1 Å². The lowest BCUT2D eigenvalue weighted by Crippen LogP contribution is -2.49. The summed E-state index contributed by atoms with van der Waals surface area (Å²) < 4.78 is 40.0. The first-order valence-electron chi connectivity index (χ1n) is 18.3. The molecule has 4 aromatic rings. The molecule has 2 saturated heterocycles. The third-order valence-corrected chi connectivity index (χ3v) is 10.1. The number of piperazine rings is 2. The summed E-state index contributed by atoms with van der Waals surface area (Å²) in [5.74, 6) is 0.786. The van der Waals surface area contributed by atoms with Crippen molar-refractivity contribution in [3.8, 4) is 0 Å². The summed E-state index contributed by atoms with van der Waals surface area (Å²) in [6.07, 6.45) is 5.11. The second-order valence-electron chi connectivity index (χ2n) is 14.0. The number of fused-ring (bicyclic) bond motifs is 1. The molecule has 1 amide bonds. The van der Waals surface area contributed by atoms with Gasteiger partial charge < -0.3 is 39.6 Å². The molecular formula is C36H47F3N12O3. The van der Waals surface area contributed by atoms with Gasteiger partial charge in [0.05, 0.1) is 24.1 Å². The predicted molar refractivity (Wildman–Crippen MR) is 200 cm³/mol. The molecule has 4 aromatic heterocycles. The van der Waals surface area contributed by atoms with E-state index >= 15 is 0 Å². The highest BCUT2D eigenvalue weighted by atomic mass is 19.4. The molecule has 3 aliphatic rings. The maximum Gasteiger partial charge on any atom is 0.401 e. The van der Waals surface area contributed by atoms with E-state index in [1.54, 1.807) is 43.7 Å². The van der Waals surface area contributed by atoms with Gasteiger partial charge in [-0.2, -0.15) is 18.2 Å². The van der Waals surface area contributed by atoms with Crippen LogP contribution in [0.2, 0.25) is 0 Å². The second kappa shape index (κ2) is 16.9. The van der Waals surface area contributed by atoms with Crippen molar-refractivity contribution >= 4 is 45.9 Å². The topological polar surface area (TPSA) is 145 Å². The molecule has 0 bridgehead atoms. The van der Waals surface area contributed by atoms with Gasteiger partial charge >= 0.3 is 12.0 Å². The van der Waals surface area contributed by atoms with E-state index in [0.717, 1.165) is 80.8 Å². The lowest BCUT2D eigenvalue weighted by Gasteiger charge is -2.36. The van der Waals surface area contributed by atoms with Gasteiger partial charge in [-0.05, 0) is 53.6 Å². The number of amides is 1. The number of halogens is 3. The number of nitrogens with zero attached hydrogens (tertiary/aromatic N) is 11. The third-order valence-electron chi connectivity index (χ3n) is 10.1. The normalized spacial score (nSPS) is 17.4. The number of pyridine rings is 2. The zero-order valence-electron chi connectivity index (χ0n) is 30.9.